The number of aromatic nitrogens is 12. The summed E-state index contributed by atoms with van der Waals surface area (Å²) in [6, 6.07) is 0. The van der Waals surface area contributed by atoms with E-state index in [4.69, 9.17) is 0 Å². The molecule has 0 aliphatic carbocycles. The molecule has 0 atom stereocenters. The minimum atomic E-state index is 0.758. The lowest BCUT2D eigenvalue weighted by Gasteiger charge is -2.18. The molecule has 12 heteroatoms. The van der Waals surface area contributed by atoms with E-state index in [1.165, 1.54) is 262 Å². The van der Waals surface area contributed by atoms with E-state index in [-0.39, 0.29) is 0 Å². The van der Waals surface area contributed by atoms with Crippen molar-refractivity contribution in [3.63, 3.8) is 0 Å². The lowest BCUT2D eigenvalue weighted by Crippen LogP contribution is -2.08. The van der Waals surface area contributed by atoms with E-state index in [9.17, 15) is 0 Å². The van der Waals surface area contributed by atoms with Crippen molar-refractivity contribution in [3.8, 4) is 33.9 Å². The summed E-state index contributed by atoms with van der Waals surface area (Å²) in [5.41, 5.74) is 68.6. The first-order chi connectivity index (χ1) is 52.2. The molecule has 8 aromatic carbocycles. The average molecular weight is 1500 g/mol. The molecule has 12 aromatic rings. The summed E-state index contributed by atoms with van der Waals surface area (Å²) in [5.74, 6) is 0. The van der Waals surface area contributed by atoms with Gasteiger partial charge in [0.15, 0.2) is 0 Å². The Morgan fingerprint density at radius 2 is 0.375 bits per heavy atom. The molecule has 0 saturated carbocycles. The number of rotatable bonds is 12. The molecule has 0 aliphatic heterocycles. The molecule has 12 rings (SSSR count). The van der Waals surface area contributed by atoms with E-state index in [1.54, 1.807) is 0 Å². The number of hydrogen-bond donors (Lipinski definition) is 0. The van der Waals surface area contributed by atoms with Crippen LogP contribution >= 0.6 is 0 Å². The van der Waals surface area contributed by atoms with Crippen molar-refractivity contribution in [1.29, 1.82) is 0 Å². The van der Waals surface area contributed by atoms with E-state index in [0.29, 0.717) is 0 Å². The van der Waals surface area contributed by atoms with Crippen LogP contribution in [0.15, 0.2) is 24.8 Å². The lowest BCUT2D eigenvalue weighted by molar-refractivity contribution is 0.643. The molecule has 0 saturated heterocycles. The second-order valence-corrected chi connectivity index (χ2v) is 33.6. The summed E-state index contributed by atoms with van der Waals surface area (Å²) < 4.78 is 7.92. The Balaban J connectivity index is 0.000000171. The van der Waals surface area contributed by atoms with Crippen molar-refractivity contribution in [2.24, 2.45) is 0 Å². The van der Waals surface area contributed by atoms with Gasteiger partial charge in [-0.05, 0) is 522 Å². The van der Waals surface area contributed by atoms with Gasteiger partial charge >= 0.3 is 0 Å². The first-order valence-electron chi connectivity index (χ1n) is 40.4. The van der Waals surface area contributed by atoms with Crippen LogP contribution in [0.2, 0.25) is 0 Å². The lowest BCUT2D eigenvalue weighted by atomic mass is 9.88. The third kappa shape index (κ3) is 15.8. The molecule has 592 valence electrons. The van der Waals surface area contributed by atoms with Gasteiger partial charge in [-0.15, -0.1) is 20.4 Å². The zero-order chi connectivity index (χ0) is 83.6. The molecular weight excluding hydrogens is 1370 g/mol. The van der Waals surface area contributed by atoms with Crippen LogP contribution in [0.4, 0.5) is 0 Å². The Bertz CT molecular complexity index is 5160. The molecule has 112 heavy (non-hydrogen) atoms. The summed E-state index contributed by atoms with van der Waals surface area (Å²) in [7, 11) is 0. The predicted octanol–water partition coefficient (Wildman–Crippen LogP) is 24.0. The van der Waals surface area contributed by atoms with Crippen molar-refractivity contribution in [2.45, 2.75) is 303 Å². The van der Waals surface area contributed by atoms with Crippen molar-refractivity contribution in [1.82, 2.24) is 60.0 Å². The maximum atomic E-state index is 4.57. The minimum Gasteiger partial charge on any atom is -0.248 e. The Hall–Kier alpha value is -9.68. The Labute approximate surface area is 673 Å². The first kappa shape index (κ1) is 86.3. The third-order valence-electron chi connectivity index (χ3n) is 29.0. The highest BCUT2D eigenvalue weighted by Crippen LogP contribution is 2.39. The second kappa shape index (κ2) is 33.6. The molecule has 4 heterocycles. The fourth-order valence-corrected chi connectivity index (χ4v) is 17.4. The highest BCUT2D eigenvalue weighted by Gasteiger charge is 2.25. The van der Waals surface area contributed by atoms with E-state index < -0.39 is 0 Å². The van der Waals surface area contributed by atoms with Gasteiger partial charge in [-0.3, -0.25) is 0 Å². The average Bonchev–Trinajstić information content (AvgIpc) is 1.65. The van der Waals surface area contributed by atoms with Crippen molar-refractivity contribution in [3.05, 3.63) is 281 Å². The van der Waals surface area contributed by atoms with Gasteiger partial charge < -0.3 is 0 Å². The van der Waals surface area contributed by atoms with E-state index >= 15 is 0 Å². The van der Waals surface area contributed by atoms with Gasteiger partial charge in [-0.25, -0.2) is 18.7 Å². The molecule has 0 fully saturated rings. The topological polar surface area (TPSA) is 123 Å². The Kier molecular flexibility index (Phi) is 25.9. The number of nitrogens with zero attached hydrogens (tertiary/aromatic N) is 12. The second-order valence-electron chi connectivity index (χ2n) is 33.6. The summed E-state index contributed by atoms with van der Waals surface area (Å²) >= 11 is 0. The summed E-state index contributed by atoms with van der Waals surface area (Å²) in [6.45, 7) is 90.0. The van der Waals surface area contributed by atoms with E-state index in [2.05, 4.69) is 343 Å². The van der Waals surface area contributed by atoms with Crippen LogP contribution in [0.1, 0.15) is 256 Å². The monoisotopic (exact) mass is 1500 g/mol. The molecule has 0 aliphatic rings. The first-order valence-corrected chi connectivity index (χ1v) is 40.4. The fourth-order valence-electron chi connectivity index (χ4n) is 17.4. The predicted molar refractivity (Wildman–Crippen MR) is 473 cm³/mol. The standard InChI is InChI=1S/C26H35N3.2C25H33N3.C24H31N3/c1-14-16(3)20(7)25(21(8)17(14)4)11-24-12-29(28-27-24)13-26-22(9)18(5)15(2)19(6)23(26)10;1-13-15(3)19(7)23(20(8)16(13)4)11-28-12-24(26-27-28)25-21(9)17(5)14(2)18(6)22(25)10;1-13-15(3)19(7)24(20(8)16(13)4)11-23-12-28(27-26-23)25-21(9)17(5)14(2)18(6)22(25)10;1-12-14(3)18(7)23(19(8)15(12)4)22-11-27(26-25-22)24-20(9)16(5)13(2)17(6)21(24)10/h12H,11,13H2,1-10H3;2*12H,11H2,1-10H3;11H,1-10H3. The molecule has 0 amide bonds. The summed E-state index contributed by atoms with van der Waals surface area (Å²) in [5, 5.41) is 36.1. The van der Waals surface area contributed by atoms with Crippen LogP contribution in [0.3, 0.4) is 0 Å². The van der Waals surface area contributed by atoms with Gasteiger partial charge in [0.25, 0.3) is 0 Å². The molecule has 4 aromatic heterocycles. The minimum absolute atomic E-state index is 0.758. The van der Waals surface area contributed by atoms with Crippen LogP contribution in [0.5, 0.6) is 0 Å². The SMILES string of the molecule is Cc1c(C)c(C)c(-c2cn(-c3c(C)c(C)c(C)c(C)c3C)nn2)c(C)c1C.Cc1c(C)c(C)c(Cc2cn(-c3c(C)c(C)c(C)c(C)c3C)nn2)c(C)c1C.Cc1c(C)c(C)c(Cc2cn(Cc3c(C)c(C)c(C)c(C)c3C)nn2)c(C)c1C.Cc1c(C)c(C)c(Cn2cc(-c3c(C)c(C)c(C)c(C)c3C)nn2)c(C)c1C. The van der Waals surface area contributed by atoms with Crippen LogP contribution in [0, 0.1) is 277 Å². The van der Waals surface area contributed by atoms with Crippen LogP contribution in [-0.2, 0) is 25.9 Å². The fraction of sp³-hybridized carbons (Fsp3) is 0.440. The van der Waals surface area contributed by atoms with Crippen molar-refractivity contribution < 1.29 is 0 Å². The van der Waals surface area contributed by atoms with Gasteiger partial charge in [0.1, 0.15) is 11.4 Å². The van der Waals surface area contributed by atoms with Crippen molar-refractivity contribution >= 4 is 0 Å². The van der Waals surface area contributed by atoms with Gasteiger partial charge in [0, 0.05) is 30.2 Å². The van der Waals surface area contributed by atoms with Gasteiger partial charge in [-0.2, -0.15) is 0 Å². The number of benzene rings is 8. The molecule has 0 spiro atoms. The molecule has 12 nitrogen and oxygen atoms in total. The maximum Gasteiger partial charge on any atom is 0.114 e. The molecule has 0 unspecified atom stereocenters. The maximum absolute atomic E-state index is 4.57. The van der Waals surface area contributed by atoms with Crippen LogP contribution < -0.4 is 0 Å². The summed E-state index contributed by atoms with van der Waals surface area (Å²) in [4.78, 5) is 0. The summed E-state index contributed by atoms with van der Waals surface area (Å²) in [6.07, 6.45) is 10.1. The van der Waals surface area contributed by atoms with Crippen LogP contribution in [-0.4, -0.2) is 60.0 Å². The molecule has 0 radical (unpaired) electrons. The van der Waals surface area contributed by atoms with Crippen LogP contribution in [0.25, 0.3) is 33.9 Å². The quantitative estimate of drug-likeness (QED) is 0.119. The normalized spacial score (nSPS) is 11.4. The molecular formula is C100H132N12. The number of hydrogen-bond acceptors (Lipinski definition) is 8. The largest absolute Gasteiger partial charge is 0.248 e. The highest BCUT2D eigenvalue weighted by molar-refractivity contribution is 5.73. The zero-order valence-electron chi connectivity index (χ0n) is 76.5. The van der Waals surface area contributed by atoms with E-state index in [0.717, 1.165) is 54.4 Å². The smallest absolute Gasteiger partial charge is 0.114 e. The highest BCUT2D eigenvalue weighted by atomic mass is 15.4. The molecule has 0 N–H and O–H groups in total. The third-order valence-corrected chi connectivity index (χ3v) is 29.0. The zero-order valence-corrected chi connectivity index (χ0v) is 76.5. The van der Waals surface area contributed by atoms with Gasteiger partial charge in [0.05, 0.1) is 54.4 Å². The van der Waals surface area contributed by atoms with Crippen molar-refractivity contribution in [2.75, 3.05) is 0 Å². The van der Waals surface area contributed by atoms with Gasteiger partial charge in [-0.1, -0.05) is 20.9 Å². The van der Waals surface area contributed by atoms with E-state index in [1.807, 2.05) is 18.7 Å². The van der Waals surface area contributed by atoms with Gasteiger partial charge in [0.2, 0.25) is 0 Å². The Morgan fingerprint density at radius 1 is 0.179 bits per heavy atom. The Morgan fingerprint density at radius 3 is 0.679 bits per heavy atom. The molecule has 0 bridgehead atoms.